The molecule has 0 spiro atoms. The molecule has 0 atom stereocenters. The first-order valence-electron chi connectivity index (χ1n) is 7.81. The summed E-state index contributed by atoms with van der Waals surface area (Å²) in [5.41, 5.74) is 6.11. The van der Waals surface area contributed by atoms with Crippen LogP contribution in [0, 0.1) is 6.92 Å². The van der Waals surface area contributed by atoms with Gasteiger partial charge in [-0.15, -0.1) is 0 Å². The Labute approximate surface area is 136 Å². The van der Waals surface area contributed by atoms with Crippen molar-refractivity contribution >= 4 is 10.8 Å². The van der Waals surface area contributed by atoms with Gasteiger partial charge in [0.2, 0.25) is 0 Å². The van der Waals surface area contributed by atoms with Crippen molar-refractivity contribution in [2.24, 2.45) is 0 Å². The lowest BCUT2D eigenvalue weighted by atomic mass is 9.96. The second-order valence-corrected chi connectivity index (χ2v) is 5.89. The minimum Gasteiger partial charge on any atom is -0.264 e. The molecule has 0 fully saturated rings. The van der Waals surface area contributed by atoms with Crippen LogP contribution in [0.2, 0.25) is 0 Å². The van der Waals surface area contributed by atoms with Crippen molar-refractivity contribution in [2.75, 3.05) is 0 Å². The quantitative estimate of drug-likeness (QED) is 0.450. The number of benzene rings is 3. The topological polar surface area (TPSA) is 12.9 Å². The fourth-order valence-electron chi connectivity index (χ4n) is 3.02. The number of rotatable bonds is 2. The highest BCUT2D eigenvalue weighted by Gasteiger charge is 2.05. The van der Waals surface area contributed by atoms with E-state index >= 15 is 0 Å². The highest BCUT2D eigenvalue weighted by atomic mass is 14.6. The van der Waals surface area contributed by atoms with Crippen LogP contribution in [-0.4, -0.2) is 4.98 Å². The molecular formula is C22H17N. The molecule has 0 amide bonds. The zero-order valence-electron chi connectivity index (χ0n) is 13.0. The third-order valence-corrected chi connectivity index (χ3v) is 4.16. The minimum atomic E-state index is 1.15. The summed E-state index contributed by atoms with van der Waals surface area (Å²) >= 11 is 0. The predicted octanol–water partition coefficient (Wildman–Crippen LogP) is 5.88. The molecule has 4 rings (SSSR count). The van der Waals surface area contributed by atoms with Crippen LogP contribution in [0.4, 0.5) is 0 Å². The first kappa shape index (κ1) is 13.7. The Balaban J connectivity index is 1.86. The molecule has 3 aromatic carbocycles. The molecule has 0 N–H and O–H groups in total. The Morgan fingerprint density at radius 2 is 1.39 bits per heavy atom. The zero-order chi connectivity index (χ0) is 15.6. The fourth-order valence-corrected chi connectivity index (χ4v) is 3.02. The van der Waals surface area contributed by atoms with E-state index in [1.807, 2.05) is 18.5 Å². The number of hydrogen-bond acceptors (Lipinski definition) is 1. The SMILES string of the molecule is Cc1cc(-c2cccnc2)cc(-c2ccc3ccccc3c2)c1. The third kappa shape index (κ3) is 2.74. The molecule has 110 valence electrons. The van der Waals surface area contributed by atoms with Crippen LogP contribution >= 0.6 is 0 Å². The van der Waals surface area contributed by atoms with Crippen molar-refractivity contribution in [1.29, 1.82) is 0 Å². The summed E-state index contributed by atoms with van der Waals surface area (Å²) < 4.78 is 0. The fraction of sp³-hybridized carbons (Fsp3) is 0.0455. The van der Waals surface area contributed by atoms with Crippen molar-refractivity contribution < 1.29 is 0 Å². The number of pyridine rings is 1. The molecule has 0 aliphatic rings. The first-order valence-corrected chi connectivity index (χ1v) is 7.81. The average molecular weight is 295 g/mol. The number of aromatic nitrogens is 1. The Kier molecular flexibility index (Phi) is 3.39. The maximum Gasteiger partial charge on any atom is 0.0346 e. The van der Waals surface area contributed by atoms with Crippen molar-refractivity contribution in [1.82, 2.24) is 4.98 Å². The molecule has 1 heterocycles. The molecule has 4 aromatic rings. The molecular weight excluding hydrogens is 278 g/mol. The molecule has 0 bridgehead atoms. The van der Waals surface area contributed by atoms with Gasteiger partial charge in [-0.3, -0.25) is 4.98 Å². The van der Waals surface area contributed by atoms with Crippen LogP contribution in [0.3, 0.4) is 0 Å². The molecule has 23 heavy (non-hydrogen) atoms. The summed E-state index contributed by atoms with van der Waals surface area (Å²) in [6, 6.07) is 25.9. The van der Waals surface area contributed by atoms with Gasteiger partial charge in [0.1, 0.15) is 0 Å². The summed E-state index contributed by atoms with van der Waals surface area (Å²) in [4.78, 5) is 4.23. The summed E-state index contributed by atoms with van der Waals surface area (Å²) in [6.45, 7) is 2.14. The molecule has 1 nitrogen and oxygen atoms in total. The van der Waals surface area contributed by atoms with E-state index in [9.17, 15) is 0 Å². The highest BCUT2D eigenvalue weighted by molar-refractivity contribution is 5.88. The largest absolute Gasteiger partial charge is 0.264 e. The normalized spacial score (nSPS) is 10.8. The van der Waals surface area contributed by atoms with Gasteiger partial charge < -0.3 is 0 Å². The van der Waals surface area contributed by atoms with Crippen molar-refractivity contribution in [3.63, 3.8) is 0 Å². The minimum absolute atomic E-state index is 1.15. The van der Waals surface area contributed by atoms with Gasteiger partial charge in [0.05, 0.1) is 0 Å². The third-order valence-electron chi connectivity index (χ3n) is 4.16. The van der Waals surface area contributed by atoms with Gasteiger partial charge >= 0.3 is 0 Å². The molecule has 0 saturated carbocycles. The summed E-state index contributed by atoms with van der Waals surface area (Å²) in [6.07, 6.45) is 3.72. The second-order valence-electron chi connectivity index (χ2n) is 5.89. The van der Waals surface area contributed by atoms with Gasteiger partial charge in [0, 0.05) is 18.0 Å². The maximum atomic E-state index is 4.23. The van der Waals surface area contributed by atoms with Crippen LogP contribution in [-0.2, 0) is 0 Å². The van der Waals surface area contributed by atoms with Gasteiger partial charge in [-0.05, 0) is 58.1 Å². The summed E-state index contributed by atoms with van der Waals surface area (Å²) in [7, 11) is 0. The van der Waals surface area contributed by atoms with Gasteiger partial charge in [0.25, 0.3) is 0 Å². The van der Waals surface area contributed by atoms with Crippen molar-refractivity contribution in [3.05, 3.63) is 90.8 Å². The lowest BCUT2D eigenvalue weighted by Crippen LogP contribution is -1.85. The first-order chi connectivity index (χ1) is 11.3. The molecule has 0 saturated heterocycles. The van der Waals surface area contributed by atoms with E-state index in [4.69, 9.17) is 0 Å². The summed E-state index contributed by atoms with van der Waals surface area (Å²) in [5.74, 6) is 0. The maximum absolute atomic E-state index is 4.23. The molecule has 0 aliphatic carbocycles. The monoisotopic (exact) mass is 295 g/mol. The highest BCUT2D eigenvalue weighted by Crippen LogP contribution is 2.29. The van der Waals surface area contributed by atoms with E-state index < -0.39 is 0 Å². The van der Waals surface area contributed by atoms with E-state index in [-0.39, 0.29) is 0 Å². The Morgan fingerprint density at radius 1 is 0.609 bits per heavy atom. The average Bonchev–Trinajstić information content (AvgIpc) is 2.61. The van der Waals surface area contributed by atoms with E-state index in [1.165, 1.54) is 33.0 Å². The van der Waals surface area contributed by atoms with Crippen molar-refractivity contribution in [2.45, 2.75) is 6.92 Å². The number of nitrogens with zero attached hydrogens (tertiary/aromatic N) is 1. The van der Waals surface area contributed by atoms with Crippen molar-refractivity contribution in [3.8, 4) is 22.3 Å². The second kappa shape index (κ2) is 5.69. The molecule has 0 unspecified atom stereocenters. The van der Waals surface area contributed by atoms with Crippen LogP contribution < -0.4 is 0 Å². The number of hydrogen-bond donors (Lipinski definition) is 0. The van der Waals surface area contributed by atoms with E-state index in [2.05, 4.69) is 78.6 Å². The Bertz CT molecular complexity index is 971. The van der Waals surface area contributed by atoms with Crippen LogP contribution in [0.1, 0.15) is 5.56 Å². The van der Waals surface area contributed by atoms with E-state index in [0.717, 1.165) is 5.56 Å². The molecule has 0 aliphatic heterocycles. The zero-order valence-corrected chi connectivity index (χ0v) is 13.0. The van der Waals surface area contributed by atoms with E-state index in [0.29, 0.717) is 0 Å². The van der Waals surface area contributed by atoms with Gasteiger partial charge in [-0.25, -0.2) is 0 Å². The van der Waals surface area contributed by atoms with Crippen LogP contribution in [0.25, 0.3) is 33.0 Å². The standard InChI is InChI=1S/C22H17N/c1-16-11-21(14-22(12-16)20-7-4-10-23-15-20)19-9-8-17-5-2-3-6-18(17)13-19/h2-15H,1H3. The molecule has 1 aromatic heterocycles. The van der Waals surface area contributed by atoms with Gasteiger partial charge in [-0.1, -0.05) is 54.6 Å². The lowest BCUT2D eigenvalue weighted by molar-refractivity contribution is 1.33. The van der Waals surface area contributed by atoms with Crippen LogP contribution in [0.15, 0.2) is 85.2 Å². The Hall–Kier alpha value is -2.93. The van der Waals surface area contributed by atoms with Gasteiger partial charge in [0.15, 0.2) is 0 Å². The van der Waals surface area contributed by atoms with Crippen LogP contribution in [0.5, 0.6) is 0 Å². The molecule has 1 heteroatoms. The number of aryl methyl sites for hydroxylation is 1. The van der Waals surface area contributed by atoms with Gasteiger partial charge in [-0.2, -0.15) is 0 Å². The Morgan fingerprint density at radius 3 is 2.17 bits per heavy atom. The number of fused-ring (bicyclic) bond motifs is 1. The lowest BCUT2D eigenvalue weighted by Gasteiger charge is -2.09. The summed E-state index contributed by atoms with van der Waals surface area (Å²) in [5, 5.41) is 2.55. The molecule has 0 radical (unpaired) electrons. The predicted molar refractivity (Wildman–Crippen MR) is 97.4 cm³/mol. The smallest absolute Gasteiger partial charge is 0.0346 e. The van der Waals surface area contributed by atoms with E-state index in [1.54, 1.807) is 0 Å².